The molecule has 1 unspecified atom stereocenters. The highest BCUT2D eigenvalue weighted by Gasteiger charge is 2.27. The lowest BCUT2D eigenvalue weighted by Gasteiger charge is -2.25. The van der Waals surface area contributed by atoms with E-state index in [1.807, 2.05) is 12.1 Å². The number of amides is 1. The molecule has 0 saturated heterocycles. The predicted octanol–water partition coefficient (Wildman–Crippen LogP) is -0.0485. The minimum atomic E-state index is -0.702. The minimum Gasteiger partial charge on any atom is -0.485 e. The molecular weight excluding hydrogens is 254 g/mol. The zero-order valence-corrected chi connectivity index (χ0v) is 10.5. The molecule has 1 aliphatic rings. The van der Waals surface area contributed by atoms with E-state index in [4.69, 9.17) is 21.7 Å². The third-order valence-electron chi connectivity index (χ3n) is 2.33. The molecule has 1 aromatic carbocycles. The van der Waals surface area contributed by atoms with Crippen molar-refractivity contribution in [2.45, 2.75) is 6.10 Å². The average molecular weight is 267 g/mol. The summed E-state index contributed by atoms with van der Waals surface area (Å²) in [5, 5.41) is 2.99. The van der Waals surface area contributed by atoms with Gasteiger partial charge < -0.3 is 14.8 Å². The molecule has 1 heterocycles. The van der Waals surface area contributed by atoms with Crippen molar-refractivity contribution in [2.24, 2.45) is 0 Å². The quantitative estimate of drug-likeness (QED) is 0.489. The van der Waals surface area contributed by atoms with E-state index in [0.29, 0.717) is 16.6 Å². The highest BCUT2D eigenvalue weighted by molar-refractivity contribution is 7.80. The number of carbonyl (C=O) groups is 1. The molecule has 0 saturated carbocycles. The molecule has 0 bridgehead atoms. The van der Waals surface area contributed by atoms with E-state index in [0.717, 1.165) is 0 Å². The summed E-state index contributed by atoms with van der Waals surface area (Å²) in [6.45, 7) is 0.164. The first-order valence-corrected chi connectivity index (χ1v) is 5.77. The van der Waals surface area contributed by atoms with Gasteiger partial charge in [-0.2, -0.15) is 0 Å². The van der Waals surface area contributed by atoms with Crippen LogP contribution in [0, 0.1) is 0 Å². The first-order valence-electron chi connectivity index (χ1n) is 5.37. The Labute approximate surface area is 110 Å². The predicted molar refractivity (Wildman–Crippen MR) is 69.3 cm³/mol. The van der Waals surface area contributed by atoms with Gasteiger partial charge in [-0.05, 0) is 24.4 Å². The summed E-state index contributed by atoms with van der Waals surface area (Å²) in [5.41, 5.74) is 4.97. The largest absolute Gasteiger partial charge is 0.485 e. The Balaban J connectivity index is 1.92. The Kier molecular flexibility index (Phi) is 3.83. The van der Waals surface area contributed by atoms with Gasteiger partial charge >= 0.3 is 0 Å². The topological polar surface area (TPSA) is 71.6 Å². The van der Waals surface area contributed by atoms with Crippen LogP contribution in [0.4, 0.5) is 0 Å². The normalized spacial score (nSPS) is 16.6. The van der Waals surface area contributed by atoms with E-state index in [1.54, 1.807) is 19.2 Å². The molecule has 0 radical (unpaired) electrons. The number of nitrogens with one attached hydrogen (secondary N) is 3. The fourth-order valence-corrected chi connectivity index (χ4v) is 1.46. The van der Waals surface area contributed by atoms with Gasteiger partial charge in [-0.15, -0.1) is 0 Å². The standard InChI is InChI=1S/C11H13N3O3S/c1-12-11(18)14-13-10(15)9-6-16-7-4-2-3-5-8(7)17-9/h2-5,9H,6H2,1H3,(H,13,15)(H2,12,14,18). The summed E-state index contributed by atoms with van der Waals surface area (Å²) in [6.07, 6.45) is -0.702. The second-order valence-corrected chi connectivity index (χ2v) is 3.97. The lowest BCUT2D eigenvalue weighted by molar-refractivity contribution is -0.130. The second-order valence-electron chi connectivity index (χ2n) is 3.56. The van der Waals surface area contributed by atoms with E-state index >= 15 is 0 Å². The molecular formula is C11H13N3O3S. The van der Waals surface area contributed by atoms with E-state index in [-0.39, 0.29) is 12.5 Å². The van der Waals surface area contributed by atoms with Crippen molar-refractivity contribution in [3.8, 4) is 11.5 Å². The molecule has 1 amide bonds. The first-order chi connectivity index (χ1) is 8.70. The Morgan fingerprint density at radius 1 is 1.33 bits per heavy atom. The van der Waals surface area contributed by atoms with Crippen molar-refractivity contribution in [1.82, 2.24) is 16.2 Å². The maximum atomic E-state index is 11.8. The van der Waals surface area contributed by atoms with Crippen LogP contribution in [0.15, 0.2) is 24.3 Å². The van der Waals surface area contributed by atoms with Crippen LogP contribution in [0.1, 0.15) is 0 Å². The van der Waals surface area contributed by atoms with Crippen LogP contribution >= 0.6 is 12.2 Å². The molecule has 6 nitrogen and oxygen atoms in total. The number of benzene rings is 1. The lowest BCUT2D eigenvalue weighted by Crippen LogP contribution is -2.52. The van der Waals surface area contributed by atoms with Gasteiger partial charge in [-0.1, -0.05) is 12.1 Å². The Hall–Kier alpha value is -2.02. The molecule has 0 spiro atoms. The summed E-state index contributed by atoms with van der Waals surface area (Å²) in [5.74, 6) is 0.849. The van der Waals surface area contributed by atoms with E-state index < -0.39 is 6.10 Å². The third-order valence-corrected chi connectivity index (χ3v) is 2.63. The number of para-hydroxylation sites is 2. The minimum absolute atomic E-state index is 0.164. The molecule has 0 aliphatic carbocycles. The summed E-state index contributed by atoms with van der Waals surface area (Å²) < 4.78 is 10.9. The lowest BCUT2D eigenvalue weighted by atomic mass is 10.2. The molecule has 1 aromatic rings. The number of carbonyl (C=O) groups excluding carboxylic acids is 1. The number of hydrogen-bond donors (Lipinski definition) is 3. The van der Waals surface area contributed by atoms with Crippen LogP contribution in [-0.2, 0) is 4.79 Å². The summed E-state index contributed by atoms with van der Waals surface area (Å²) in [7, 11) is 1.65. The van der Waals surface area contributed by atoms with Crippen LogP contribution in [-0.4, -0.2) is 30.8 Å². The molecule has 2 rings (SSSR count). The smallest absolute Gasteiger partial charge is 0.283 e. The number of ether oxygens (including phenoxy) is 2. The van der Waals surface area contributed by atoms with Gasteiger partial charge in [0, 0.05) is 7.05 Å². The second kappa shape index (κ2) is 5.54. The van der Waals surface area contributed by atoms with Gasteiger partial charge in [-0.3, -0.25) is 15.6 Å². The van der Waals surface area contributed by atoms with E-state index in [2.05, 4.69) is 16.2 Å². The SMILES string of the molecule is CNC(=S)NNC(=O)C1COc2ccccc2O1. The zero-order valence-electron chi connectivity index (χ0n) is 9.73. The molecule has 0 aromatic heterocycles. The van der Waals surface area contributed by atoms with Crippen molar-refractivity contribution >= 4 is 23.2 Å². The van der Waals surface area contributed by atoms with E-state index in [1.165, 1.54) is 0 Å². The van der Waals surface area contributed by atoms with Gasteiger partial charge in [0.25, 0.3) is 5.91 Å². The summed E-state index contributed by atoms with van der Waals surface area (Å²) in [4.78, 5) is 11.8. The molecule has 1 atom stereocenters. The summed E-state index contributed by atoms with van der Waals surface area (Å²) in [6, 6.07) is 7.20. The molecule has 96 valence electrons. The van der Waals surface area contributed by atoms with Crippen molar-refractivity contribution in [3.63, 3.8) is 0 Å². The number of thiocarbonyl (C=S) groups is 1. The fraction of sp³-hybridized carbons (Fsp3) is 0.273. The van der Waals surface area contributed by atoms with Crippen LogP contribution in [0.5, 0.6) is 11.5 Å². The van der Waals surface area contributed by atoms with Crippen LogP contribution in [0.2, 0.25) is 0 Å². The van der Waals surface area contributed by atoms with E-state index in [9.17, 15) is 4.79 Å². The van der Waals surface area contributed by atoms with Crippen molar-refractivity contribution < 1.29 is 14.3 Å². The van der Waals surface area contributed by atoms with Gasteiger partial charge in [-0.25, -0.2) is 0 Å². The highest BCUT2D eigenvalue weighted by atomic mass is 32.1. The first kappa shape index (κ1) is 12.4. The Morgan fingerprint density at radius 3 is 2.78 bits per heavy atom. The number of hydrazine groups is 1. The van der Waals surface area contributed by atoms with Crippen LogP contribution in [0.25, 0.3) is 0 Å². The molecule has 3 N–H and O–H groups in total. The molecule has 1 aliphatic heterocycles. The molecule has 7 heteroatoms. The number of fused-ring (bicyclic) bond motifs is 1. The Morgan fingerprint density at radius 2 is 2.06 bits per heavy atom. The fourth-order valence-electron chi connectivity index (χ4n) is 1.41. The summed E-state index contributed by atoms with van der Waals surface area (Å²) >= 11 is 4.83. The van der Waals surface area contributed by atoms with Gasteiger partial charge in [0.1, 0.15) is 6.61 Å². The van der Waals surface area contributed by atoms with Crippen molar-refractivity contribution in [2.75, 3.05) is 13.7 Å². The maximum Gasteiger partial charge on any atom is 0.283 e. The monoisotopic (exact) mass is 267 g/mol. The molecule has 0 fully saturated rings. The van der Waals surface area contributed by atoms with Gasteiger partial charge in [0.2, 0.25) is 6.10 Å². The number of hydrogen-bond acceptors (Lipinski definition) is 4. The average Bonchev–Trinajstić information content (AvgIpc) is 2.43. The molecule has 18 heavy (non-hydrogen) atoms. The third kappa shape index (κ3) is 2.80. The Bertz CT molecular complexity index is 467. The van der Waals surface area contributed by atoms with Crippen molar-refractivity contribution in [1.29, 1.82) is 0 Å². The van der Waals surface area contributed by atoms with Crippen LogP contribution in [0.3, 0.4) is 0 Å². The number of rotatable bonds is 1. The van der Waals surface area contributed by atoms with Crippen LogP contribution < -0.4 is 25.6 Å². The van der Waals surface area contributed by atoms with Crippen molar-refractivity contribution in [3.05, 3.63) is 24.3 Å². The van der Waals surface area contributed by atoms with Gasteiger partial charge in [0.15, 0.2) is 16.6 Å². The van der Waals surface area contributed by atoms with Gasteiger partial charge in [0.05, 0.1) is 0 Å². The maximum absolute atomic E-state index is 11.8. The highest BCUT2D eigenvalue weighted by Crippen LogP contribution is 2.30. The zero-order chi connectivity index (χ0) is 13.0.